The summed E-state index contributed by atoms with van der Waals surface area (Å²) < 4.78 is 44.0. The second-order valence-electron chi connectivity index (χ2n) is 7.19. The molecule has 0 saturated carbocycles. The number of hydrogen-bond acceptors (Lipinski definition) is 6. The summed E-state index contributed by atoms with van der Waals surface area (Å²) in [6.45, 7) is 3.29. The number of benzene rings is 2. The van der Waals surface area contributed by atoms with E-state index in [0.29, 0.717) is 55.4 Å². The van der Waals surface area contributed by atoms with Gasteiger partial charge in [0.1, 0.15) is 17.2 Å². The zero-order chi connectivity index (χ0) is 22.4. The molecule has 9 heteroatoms. The minimum absolute atomic E-state index is 0.134. The number of likely N-dealkylation sites (tertiary alicyclic amines) is 1. The molecule has 0 spiro atoms. The molecular formula is C22H28N2O6S. The second-order valence-corrected chi connectivity index (χ2v) is 8.91. The zero-order valence-corrected chi connectivity index (χ0v) is 18.8. The van der Waals surface area contributed by atoms with E-state index in [-0.39, 0.29) is 16.8 Å². The molecule has 2 aromatic carbocycles. The highest BCUT2D eigenvalue weighted by Gasteiger charge is 2.27. The van der Waals surface area contributed by atoms with Gasteiger partial charge in [-0.25, -0.2) is 13.1 Å². The highest BCUT2D eigenvalue weighted by Crippen LogP contribution is 2.25. The van der Waals surface area contributed by atoms with E-state index in [1.54, 1.807) is 35.2 Å². The van der Waals surface area contributed by atoms with Gasteiger partial charge in [0.25, 0.3) is 5.91 Å². The Bertz CT molecular complexity index is 977. The molecule has 8 nitrogen and oxygen atoms in total. The van der Waals surface area contributed by atoms with Gasteiger partial charge in [-0.2, -0.15) is 0 Å². The minimum Gasteiger partial charge on any atom is -0.497 e. The molecule has 1 fully saturated rings. The van der Waals surface area contributed by atoms with Gasteiger partial charge in [-0.05, 0) is 56.2 Å². The third-order valence-corrected chi connectivity index (χ3v) is 6.68. The fraction of sp³-hybridized carbons (Fsp3) is 0.409. The number of rotatable bonds is 8. The molecular weight excluding hydrogens is 420 g/mol. The molecule has 3 rings (SSSR count). The molecule has 0 bridgehead atoms. The summed E-state index contributed by atoms with van der Waals surface area (Å²) in [5.41, 5.74) is 0.476. The van der Waals surface area contributed by atoms with Crippen molar-refractivity contribution >= 4 is 15.9 Å². The maximum Gasteiger partial charge on any atom is 0.254 e. The van der Waals surface area contributed by atoms with Crippen molar-refractivity contribution in [2.24, 2.45) is 0 Å². The minimum atomic E-state index is -3.64. The topological polar surface area (TPSA) is 94.2 Å². The maximum atomic E-state index is 12.9. The standard InChI is InChI=1S/C22H28N2O6S/c1-4-30-18-5-7-21(8-6-18)31(26,27)23-17-9-11-24(12-10-17)22(25)16-13-19(28-2)15-20(14-16)29-3/h5-8,13-15,17,23H,4,9-12H2,1-3H3. The number of nitrogens with zero attached hydrogens (tertiary/aromatic N) is 1. The zero-order valence-electron chi connectivity index (χ0n) is 18.0. The number of hydrogen-bond donors (Lipinski definition) is 1. The van der Waals surface area contributed by atoms with Crippen LogP contribution in [0.4, 0.5) is 0 Å². The lowest BCUT2D eigenvalue weighted by Crippen LogP contribution is -2.46. The molecule has 1 aliphatic heterocycles. The number of carbonyl (C=O) groups is 1. The third kappa shape index (κ3) is 5.68. The van der Waals surface area contributed by atoms with Gasteiger partial charge < -0.3 is 19.1 Å². The van der Waals surface area contributed by atoms with Gasteiger partial charge in [0.15, 0.2) is 0 Å². The monoisotopic (exact) mass is 448 g/mol. The molecule has 0 atom stereocenters. The molecule has 1 N–H and O–H groups in total. The Morgan fingerprint density at radius 2 is 1.58 bits per heavy atom. The first-order valence-corrected chi connectivity index (χ1v) is 11.6. The van der Waals surface area contributed by atoms with Gasteiger partial charge in [-0.1, -0.05) is 0 Å². The summed E-state index contributed by atoms with van der Waals surface area (Å²) in [6.07, 6.45) is 1.06. The van der Waals surface area contributed by atoms with E-state index < -0.39 is 10.0 Å². The maximum absolute atomic E-state index is 12.9. The first-order valence-electron chi connectivity index (χ1n) is 10.1. The fourth-order valence-corrected chi connectivity index (χ4v) is 4.79. The SMILES string of the molecule is CCOc1ccc(S(=O)(=O)NC2CCN(C(=O)c3cc(OC)cc(OC)c3)CC2)cc1. The number of nitrogens with one attached hydrogen (secondary N) is 1. The highest BCUT2D eigenvalue weighted by molar-refractivity contribution is 7.89. The van der Waals surface area contributed by atoms with Crippen molar-refractivity contribution in [1.29, 1.82) is 0 Å². The lowest BCUT2D eigenvalue weighted by molar-refractivity contribution is 0.0710. The van der Waals surface area contributed by atoms with E-state index in [1.165, 1.54) is 26.4 Å². The molecule has 1 heterocycles. The number of carbonyl (C=O) groups excluding carboxylic acids is 1. The van der Waals surface area contributed by atoms with Crippen LogP contribution in [0.15, 0.2) is 47.4 Å². The van der Waals surface area contributed by atoms with Gasteiger partial charge >= 0.3 is 0 Å². The van der Waals surface area contributed by atoms with E-state index in [1.807, 2.05) is 6.92 Å². The quantitative estimate of drug-likeness (QED) is 0.667. The molecule has 2 aromatic rings. The molecule has 168 valence electrons. The van der Waals surface area contributed by atoms with Crippen molar-refractivity contribution < 1.29 is 27.4 Å². The van der Waals surface area contributed by atoms with Crippen LogP contribution in [0.1, 0.15) is 30.1 Å². The van der Waals surface area contributed by atoms with Gasteiger partial charge in [0.05, 0.1) is 25.7 Å². The van der Waals surface area contributed by atoms with Crippen molar-refractivity contribution in [2.75, 3.05) is 33.9 Å². The number of sulfonamides is 1. The highest BCUT2D eigenvalue weighted by atomic mass is 32.2. The molecule has 1 amide bonds. The molecule has 31 heavy (non-hydrogen) atoms. The number of amides is 1. The molecule has 0 radical (unpaired) electrons. The summed E-state index contributed by atoms with van der Waals surface area (Å²) in [5, 5.41) is 0. The van der Waals surface area contributed by atoms with Crippen LogP contribution < -0.4 is 18.9 Å². The van der Waals surface area contributed by atoms with Gasteiger partial charge in [0.2, 0.25) is 10.0 Å². The first-order chi connectivity index (χ1) is 14.9. The molecule has 1 saturated heterocycles. The van der Waals surface area contributed by atoms with E-state index in [4.69, 9.17) is 14.2 Å². The van der Waals surface area contributed by atoms with Crippen LogP contribution in [0.2, 0.25) is 0 Å². The number of methoxy groups -OCH3 is 2. The predicted molar refractivity (Wildman–Crippen MR) is 116 cm³/mol. The lowest BCUT2D eigenvalue weighted by atomic mass is 10.0. The molecule has 0 aromatic heterocycles. The summed E-state index contributed by atoms with van der Waals surface area (Å²) in [4.78, 5) is 14.8. The first kappa shape index (κ1) is 22.9. The summed E-state index contributed by atoms with van der Waals surface area (Å²) >= 11 is 0. The van der Waals surface area contributed by atoms with Crippen LogP contribution in [-0.2, 0) is 10.0 Å². The molecule has 0 aliphatic carbocycles. The van der Waals surface area contributed by atoms with E-state index >= 15 is 0 Å². The number of piperidine rings is 1. The van der Waals surface area contributed by atoms with Crippen molar-refractivity contribution in [3.8, 4) is 17.2 Å². The van der Waals surface area contributed by atoms with Crippen molar-refractivity contribution in [1.82, 2.24) is 9.62 Å². The Balaban J connectivity index is 1.61. The summed E-state index contributed by atoms with van der Waals surface area (Å²) in [6, 6.07) is 11.2. The average Bonchev–Trinajstić information content (AvgIpc) is 2.79. The van der Waals surface area contributed by atoms with Crippen LogP contribution in [0.5, 0.6) is 17.2 Å². The van der Waals surface area contributed by atoms with E-state index in [2.05, 4.69) is 4.72 Å². The summed E-state index contributed by atoms with van der Waals surface area (Å²) in [5.74, 6) is 1.58. The van der Waals surface area contributed by atoms with Crippen LogP contribution in [0, 0.1) is 0 Å². The Kier molecular flexibility index (Phi) is 7.40. The van der Waals surface area contributed by atoms with Crippen molar-refractivity contribution in [2.45, 2.75) is 30.7 Å². The average molecular weight is 449 g/mol. The van der Waals surface area contributed by atoms with E-state index in [9.17, 15) is 13.2 Å². The van der Waals surface area contributed by atoms with Crippen LogP contribution in [-0.4, -0.2) is 59.2 Å². The largest absolute Gasteiger partial charge is 0.497 e. The van der Waals surface area contributed by atoms with Crippen molar-refractivity contribution in [3.05, 3.63) is 48.0 Å². The smallest absolute Gasteiger partial charge is 0.254 e. The Labute approximate surface area is 183 Å². The Morgan fingerprint density at radius 1 is 1.00 bits per heavy atom. The Hall–Kier alpha value is -2.78. The van der Waals surface area contributed by atoms with Crippen LogP contribution in [0.3, 0.4) is 0 Å². The number of ether oxygens (including phenoxy) is 3. The Morgan fingerprint density at radius 3 is 2.10 bits per heavy atom. The fourth-order valence-electron chi connectivity index (χ4n) is 3.48. The van der Waals surface area contributed by atoms with Gasteiger partial charge in [0, 0.05) is 30.8 Å². The second kappa shape index (κ2) is 10.0. The normalized spacial score (nSPS) is 14.9. The lowest BCUT2D eigenvalue weighted by Gasteiger charge is -2.32. The molecule has 1 aliphatic rings. The van der Waals surface area contributed by atoms with Gasteiger partial charge in [-0.3, -0.25) is 4.79 Å². The van der Waals surface area contributed by atoms with Gasteiger partial charge in [-0.15, -0.1) is 0 Å². The van der Waals surface area contributed by atoms with Crippen LogP contribution in [0.25, 0.3) is 0 Å². The van der Waals surface area contributed by atoms with Crippen LogP contribution >= 0.6 is 0 Å². The molecule has 0 unspecified atom stereocenters. The summed E-state index contributed by atoms with van der Waals surface area (Å²) in [7, 11) is -0.576. The third-order valence-electron chi connectivity index (χ3n) is 5.15. The van der Waals surface area contributed by atoms with E-state index in [0.717, 1.165) is 0 Å². The predicted octanol–water partition coefficient (Wildman–Crippen LogP) is 2.69. The van der Waals surface area contributed by atoms with Crippen molar-refractivity contribution in [3.63, 3.8) is 0 Å².